The summed E-state index contributed by atoms with van der Waals surface area (Å²) in [5.41, 5.74) is -1.65. The lowest BCUT2D eigenvalue weighted by atomic mass is 9.41. The minimum absolute atomic E-state index is 0.0944. The third kappa shape index (κ3) is 3.88. The second kappa shape index (κ2) is 9.56. The third-order valence-electron chi connectivity index (χ3n) is 14.5. The number of carbonyl (C=O) groups excluding carboxylic acids is 1. The van der Waals surface area contributed by atoms with Crippen LogP contribution in [0.15, 0.2) is 0 Å². The molecule has 7 aliphatic rings. The molecule has 5 aliphatic carbocycles. The van der Waals surface area contributed by atoms with Gasteiger partial charge in [0.1, 0.15) is 24.4 Å². The van der Waals surface area contributed by atoms with E-state index in [4.69, 9.17) is 14.2 Å². The molecule has 2 spiro atoms. The number of aliphatic hydroxyl groups excluding tert-OH is 2. The highest BCUT2D eigenvalue weighted by Gasteiger charge is 2.85. The van der Waals surface area contributed by atoms with Crippen LogP contribution in [0.3, 0.4) is 0 Å². The maximum Gasteiger partial charge on any atom is 0.410 e. The first-order chi connectivity index (χ1) is 20.0. The zero-order chi connectivity index (χ0) is 31.0. The van der Waals surface area contributed by atoms with Gasteiger partial charge in [0.25, 0.3) is 0 Å². The van der Waals surface area contributed by atoms with Gasteiger partial charge in [0.05, 0.1) is 24.9 Å². The van der Waals surface area contributed by atoms with E-state index in [-0.39, 0.29) is 45.7 Å². The maximum absolute atomic E-state index is 13.1. The van der Waals surface area contributed by atoms with Gasteiger partial charge in [0.2, 0.25) is 0 Å². The largest absolute Gasteiger partial charge is 0.446 e. The zero-order valence-corrected chi connectivity index (χ0v) is 27.4. The first-order valence-corrected chi connectivity index (χ1v) is 16.9. The molecule has 43 heavy (non-hydrogen) atoms. The van der Waals surface area contributed by atoms with Crippen molar-refractivity contribution in [2.45, 2.75) is 124 Å². The number of fused-ring (bicyclic) bond motifs is 4. The number of rotatable bonds is 3. The highest BCUT2D eigenvalue weighted by atomic mass is 16.6. The van der Waals surface area contributed by atoms with Crippen LogP contribution in [0.5, 0.6) is 0 Å². The highest BCUT2D eigenvalue weighted by molar-refractivity contribution is 5.68. The van der Waals surface area contributed by atoms with E-state index in [2.05, 4.69) is 34.6 Å². The fourth-order valence-electron chi connectivity index (χ4n) is 12.2. The molecule has 3 radical (unpaired) electrons. The second-order valence-electron chi connectivity index (χ2n) is 17.0. The monoisotopic (exact) mass is 600 g/mol. The first-order valence-electron chi connectivity index (χ1n) is 16.9. The molecule has 7 rings (SSSR count). The van der Waals surface area contributed by atoms with Crippen molar-refractivity contribution in [3.05, 3.63) is 18.1 Å². The molecule has 8 nitrogen and oxygen atoms in total. The Hall–Kier alpha value is -0.930. The van der Waals surface area contributed by atoms with Crippen molar-refractivity contribution in [3.8, 4) is 0 Å². The zero-order valence-electron chi connectivity index (χ0n) is 27.4. The van der Waals surface area contributed by atoms with Crippen LogP contribution in [0.1, 0.15) is 99.8 Å². The fourth-order valence-corrected chi connectivity index (χ4v) is 12.2. The van der Waals surface area contributed by atoms with Crippen LogP contribution in [0.25, 0.3) is 0 Å². The fraction of sp³-hybridized carbons (Fsp3) is 0.886. The molecule has 2 heterocycles. The van der Waals surface area contributed by atoms with Gasteiger partial charge in [-0.15, -0.1) is 0 Å². The Balaban J connectivity index is 1.14. The van der Waals surface area contributed by atoms with Crippen molar-refractivity contribution in [1.29, 1.82) is 0 Å². The van der Waals surface area contributed by atoms with Gasteiger partial charge in [-0.3, -0.25) is 0 Å². The lowest BCUT2D eigenvalue weighted by Gasteiger charge is -2.63. The van der Waals surface area contributed by atoms with E-state index < -0.39 is 23.2 Å². The molecule has 1 unspecified atom stereocenters. The van der Waals surface area contributed by atoms with Crippen molar-refractivity contribution in [1.82, 2.24) is 4.90 Å². The van der Waals surface area contributed by atoms with Crippen LogP contribution in [-0.4, -0.2) is 76.5 Å². The minimum atomic E-state index is -1.31. The van der Waals surface area contributed by atoms with E-state index >= 15 is 0 Å². The summed E-state index contributed by atoms with van der Waals surface area (Å²) < 4.78 is 18.2. The summed E-state index contributed by atoms with van der Waals surface area (Å²) in [6.45, 7) is 17.1. The van der Waals surface area contributed by atoms with E-state index in [1.54, 1.807) is 24.7 Å². The Morgan fingerprint density at radius 1 is 1.09 bits per heavy atom. The second-order valence-corrected chi connectivity index (χ2v) is 17.0. The number of carbonyl (C=O) groups is 1. The van der Waals surface area contributed by atoms with Crippen LogP contribution in [-0.2, 0) is 14.2 Å². The number of nitrogens with zero attached hydrogens (tertiary/aromatic N) is 1. The van der Waals surface area contributed by atoms with Crippen molar-refractivity contribution < 1.29 is 34.3 Å². The van der Waals surface area contributed by atoms with E-state index in [0.29, 0.717) is 50.8 Å². The predicted molar refractivity (Wildman–Crippen MR) is 160 cm³/mol. The molecule has 8 heteroatoms. The molecule has 241 valence electrons. The summed E-state index contributed by atoms with van der Waals surface area (Å²) in [5, 5.41) is 33.8. The van der Waals surface area contributed by atoms with Crippen molar-refractivity contribution >= 4 is 6.09 Å². The molecule has 5 saturated carbocycles. The SMILES string of the molecule is C[C@@H]1C[C]([C@H](O)C(C)(C)O)O[C]2[C@H]1[C@@]1(C)CC[C@@]34C[C@@]35CCC(OC(=O)N3CCOCC3)C(C)(C)[C@@H]5CC[C]4[C@]1(C)[C@H]2O. The maximum atomic E-state index is 13.1. The molecule has 1 amide bonds. The smallest absolute Gasteiger partial charge is 0.410 e. The van der Waals surface area contributed by atoms with E-state index in [1.165, 1.54) is 6.42 Å². The lowest BCUT2D eigenvalue weighted by Crippen LogP contribution is -2.59. The van der Waals surface area contributed by atoms with Gasteiger partial charge in [0, 0.05) is 29.8 Å². The molecule has 2 aliphatic heterocycles. The molecule has 0 aromatic carbocycles. The molecule has 7 fully saturated rings. The van der Waals surface area contributed by atoms with Gasteiger partial charge in [-0.05, 0) is 99.2 Å². The molecule has 0 bridgehead atoms. The number of hydrogen-bond acceptors (Lipinski definition) is 7. The van der Waals surface area contributed by atoms with Crippen LogP contribution < -0.4 is 0 Å². The Bertz CT molecular complexity index is 1130. The summed E-state index contributed by atoms with van der Waals surface area (Å²) in [5.74, 6) is 2.33. The van der Waals surface area contributed by atoms with Crippen LogP contribution in [0.2, 0.25) is 0 Å². The number of ether oxygens (including phenoxy) is 3. The Morgan fingerprint density at radius 2 is 1.79 bits per heavy atom. The Morgan fingerprint density at radius 3 is 2.47 bits per heavy atom. The normalized spacial score (nSPS) is 48.8. The van der Waals surface area contributed by atoms with E-state index in [9.17, 15) is 20.1 Å². The number of hydrogen-bond donors (Lipinski definition) is 3. The average molecular weight is 601 g/mol. The Kier molecular flexibility index (Phi) is 6.82. The quantitative estimate of drug-likeness (QED) is 0.416. The molecule has 10 atom stereocenters. The van der Waals surface area contributed by atoms with E-state index in [1.807, 2.05) is 0 Å². The molecule has 0 aromatic heterocycles. The summed E-state index contributed by atoms with van der Waals surface area (Å²) in [6.07, 6.45) is 7.00. The number of aliphatic hydroxyl groups is 3. The minimum Gasteiger partial charge on any atom is -0.446 e. The van der Waals surface area contributed by atoms with Gasteiger partial charge < -0.3 is 34.4 Å². The van der Waals surface area contributed by atoms with Crippen LogP contribution >= 0.6 is 0 Å². The molecule has 3 N–H and O–H groups in total. The van der Waals surface area contributed by atoms with Gasteiger partial charge in [-0.1, -0.05) is 34.6 Å². The van der Waals surface area contributed by atoms with Crippen LogP contribution in [0, 0.1) is 63.0 Å². The summed E-state index contributed by atoms with van der Waals surface area (Å²) in [6, 6.07) is 0. The van der Waals surface area contributed by atoms with Crippen molar-refractivity contribution in [3.63, 3.8) is 0 Å². The number of amides is 1. The molecular formula is C35H54NO7. The third-order valence-corrected chi connectivity index (χ3v) is 14.5. The summed E-state index contributed by atoms with van der Waals surface area (Å²) in [7, 11) is 0. The highest BCUT2D eigenvalue weighted by Crippen LogP contribution is 2.90. The van der Waals surface area contributed by atoms with Crippen LogP contribution in [0.4, 0.5) is 4.79 Å². The summed E-state index contributed by atoms with van der Waals surface area (Å²) in [4.78, 5) is 14.9. The van der Waals surface area contributed by atoms with Gasteiger partial charge in [-0.2, -0.15) is 0 Å². The molecular weight excluding hydrogens is 546 g/mol. The van der Waals surface area contributed by atoms with Gasteiger partial charge >= 0.3 is 6.09 Å². The standard InChI is InChI=1S/C35H54NO7/c1-20-18-21(27(37)31(4,5)40)42-26-25(20)32(6)12-13-35-19-34(35)11-10-24(43-29(39)36-14-16-41-17-15-36)30(2,3)22(34)8-9-23(35)33(32,7)28(26)38/h20,22,24-25,27-28,37-38,40H,8-19H2,1-7H3/t20-,22+,24?,25+,27+,28+,32-,33-,34-,35+/m1/s1. The topological polar surface area (TPSA) is 109 Å². The molecule has 2 saturated heterocycles. The first kappa shape index (κ1) is 30.7. The lowest BCUT2D eigenvalue weighted by molar-refractivity contribution is -0.130. The van der Waals surface area contributed by atoms with Crippen molar-refractivity contribution in [2.24, 2.45) is 44.8 Å². The average Bonchev–Trinajstić information content (AvgIpc) is 3.58. The molecule has 0 aromatic rings. The number of morpholine rings is 1. The Labute approximate surface area is 258 Å². The van der Waals surface area contributed by atoms with Crippen molar-refractivity contribution in [2.75, 3.05) is 26.3 Å². The van der Waals surface area contributed by atoms with Gasteiger partial charge in [-0.25, -0.2) is 4.79 Å². The van der Waals surface area contributed by atoms with E-state index in [0.717, 1.165) is 38.5 Å². The predicted octanol–water partition coefficient (Wildman–Crippen LogP) is 5.05. The summed E-state index contributed by atoms with van der Waals surface area (Å²) >= 11 is 0. The van der Waals surface area contributed by atoms with Gasteiger partial charge in [0.15, 0.2) is 0 Å².